The van der Waals surface area contributed by atoms with Crippen LogP contribution in [0.4, 0.5) is 0 Å². The first-order valence-electron chi connectivity index (χ1n) is 6.85. The van der Waals surface area contributed by atoms with E-state index in [9.17, 15) is 14.4 Å². The summed E-state index contributed by atoms with van der Waals surface area (Å²) in [6.07, 6.45) is 6.40. The molecule has 2 atom stereocenters. The highest BCUT2D eigenvalue weighted by Crippen LogP contribution is 2.20. The number of fused-ring (bicyclic) bond motifs is 1. The summed E-state index contributed by atoms with van der Waals surface area (Å²) < 4.78 is 10.3. The fraction of sp³-hybridized carbons (Fsp3) is 0.533. The van der Waals surface area contributed by atoms with Crippen LogP contribution in [0, 0.1) is 0 Å². The number of rotatable bonds is 0. The lowest BCUT2D eigenvalue weighted by atomic mass is 9.95. The van der Waals surface area contributed by atoms with E-state index < -0.39 is 18.0 Å². The molecule has 0 saturated heterocycles. The van der Waals surface area contributed by atoms with Gasteiger partial charge in [-0.05, 0) is 32.3 Å². The van der Waals surface area contributed by atoms with Gasteiger partial charge in [0.25, 0.3) is 0 Å². The first-order chi connectivity index (χ1) is 9.54. The van der Waals surface area contributed by atoms with Crippen LogP contribution in [0.2, 0.25) is 0 Å². The number of cyclic esters (lactones) is 1. The maximum Gasteiger partial charge on any atom is 0.317 e. The summed E-state index contributed by atoms with van der Waals surface area (Å²) in [7, 11) is 0. The van der Waals surface area contributed by atoms with Crippen LogP contribution in [0.25, 0.3) is 0 Å². The molecular weight excluding hydrogens is 260 g/mol. The minimum absolute atomic E-state index is 0.0591. The monoisotopic (exact) mass is 278 g/mol. The summed E-state index contributed by atoms with van der Waals surface area (Å²) in [6.45, 7) is 1.78. The Balaban J connectivity index is 2.15. The number of ketones is 1. The molecule has 1 aliphatic heterocycles. The van der Waals surface area contributed by atoms with Gasteiger partial charge < -0.3 is 9.47 Å². The summed E-state index contributed by atoms with van der Waals surface area (Å²) in [6, 6.07) is 0. The number of esters is 2. The average molecular weight is 278 g/mol. The first kappa shape index (κ1) is 14.5. The molecule has 20 heavy (non-hydrogen) atoms. The van der Waals surface area contributed by atoms with Crippen molar-refractivity contribution in [2.45, 2.75) is 51.2 Å². The molecule has 0 N–H and O–H groups in total. The topological polar surface area (TPSA) is 69.7 Å². The number of carbonyl (C=O) groups is 3. The largest absolute Gasteiger partial charge is 0.462 e. The van der Waals surface area contributed by atoms with Gasteiger partial charge in [0.1, 0.15) is 12.5 Å². The zero-order valence-corrected chi connectivity index (χ0v) is 11.5. The molecule has 2 aliphatic rings. The van der Waals surface area contributed by atoms with Crippen LogP contribution in [0.15, 0.2) is 23.8 Å². The van der Waals surface area contributed by atoms with Gasteiger partial charge in [-0.25, -0.2) is 0 Å². The van der Waals surface area contributed by atoms with E-state index in [2.05, 4.69) is 0 Å². The highest BCUT2D eigenvalue weighted by atomic mass is 16.6. The fourth-order valence-corrected chi connectivity index (χ4v) is 2.23. The van der Waals surface area contributed by atoms with Crippen molar-refractivity contribution in [1.82, 2.24) is 0 Å². The minimum atomic E-state index is -0.611. The Labute approximate surface area is 117 Å². The summed E-state index contributed by atoms with van der Waals surface area (Å²) in [5, 5.41) is 0. The third-order valence-electron chi connectivity index (χ3n) is 3.28. The number of hydrogen-bond acceptors (Lipinski definition) is 5. The van der Waals surface area contributed by atoms with Crippen LogP contribution < -0.4 is 0 Å². The Kier molecular flexibility index (Phi) is 4.71. The lowest BCUT2D eigenvalue weighted by Gasteiger charge is -2.19. The van der Waals surface area contributed by atoms with Crippen LogP contribution in [0.5, 0.6) is 0 Å². The van der Waals surface area contributed by atoms with Gasteiger partial charge in [0.2, 0.25) is 0 Å². The predicted molar refractivity (Wildman–Crippen MR) is 70.7 cm³/mol. The zero-order chi connectivity index (χ0) is 14.5. The quantitative estimate of drug-likeness (QED) is 0.499. The molecule has 2 bridgehead atoms. The van der Waals surface area contributed by atoms with Gasteiger partial charge in [-0.15, -0.1) is 0 Å². The highest BCUT2D eigenvalue weighted by molar-refractivity contribution is 5.99. The number of ether oxygens (including phenoxy) is 2. The molecule has 1 aliphatic carbocycles. The molecule has 2 rings (SSSR count). The zero-order valence-electron chi connectivity index (χ0n) is 11.5. The highest BCUT2D eigenvalue weighted by Gasteiger charge is 2.24. The molecule has 0 fully saturated rings. The number of allylic oxidation sites excluding steroid dienone is 3. The van der Waals surface area contributed by atoms with E-state index >= 15 is 0 Å². The number of carbonyl (C=O) groups excluding carboxylic acids is 3. The van der Waals surface area contributed by atoms with Gasteiger partial charge in [-0.2, -0.15) is 0 Å². The Bertz CT molecular complexity index is 475. The second kappa shape index (κ2) is 6.50. The Morgan fingerprint density at radius 3 is 2.65 bits per heavy atom. The molecule has 0 amide bonds. The van der Waals surface area contributed by atoms with Gasteiger partial charge in [0, 0.05) is 12.0 Å². The van der Waals surface area contributed by atoms with E-state index in [0.717, 1.165) is 0 Å². The van der Waals surface area contributed by atoms with E-state index in [4.69, 9.17) is 9.47 Å². The third-order valence-corrected chi connectivity index (χ3v) is 3.28. The van der Waals surface area contributed by atoms with Crippen LogP contribution in [-0.2, 0) is 23.9 Å². The number of Topliss-reactive ketones (excluding diaryl/α,β-unsaturated/α-hetero) is 1. The van der Waals surface area contributed by atoms with Crippen LogP contribution in [-0.4, -0.2) is 29.9 Å². The molecule has 5 nitrogen and oxygen atoms in total. The lowest BCUT2D eigenvalue weighted by Crippen LogP contribution is -2.25. The van der Waals surface area contributed by atoms with Crippen molar-refractivity contribution in [2.24, 2.45) is 0 Å². The molecule has 0 radical (unpaired) electrons. The van der Waals surface area contributed by atoms with E-state index in [1.807, 2.05) is 6.08 Å². The van der Waals surface area contributed by atoms with Crippen molar-refractivity contribution in [2.75, 3.05) is 0 Å². The molecular formula is C15H18O5. The van der Waals surface area contributed by atoms with E-state index in [1.54, 1.807) is 19.1 Å². The Morgan fingerprint density at radius 1 is 1.10 bits per heavy atom. The molecule has 0 saturated carbocycles. The van der Waals surface area contributed by atoms with Crippen LogP contribution in [0.3, 0.4) is 0 Å². The molecule has 1 heterocycles. The average Bonchev–Trinajstić information content (AvgIpc) is 2.37. The predicted octanol–water partition coefficient (Wildman–Crippen LogP) is 1.86. The van der Waals surface area contributed by atoms with E-state index in [-0.39, 0.29) is 18.3 Å². The standard InChI is InChI=1S/C15H18O5/c1-10-4-2-3-5-11-8-12(6-7-13(11)16)20-15(18)9-14(17)19-10/h3,5,8,10,12H,2,4,6-7,9H2,1H3/b5-3-/t10-,12-/m0/s1. The van der Waals surface area contributed by atoms with E-state index in [0.29, 0.717) is 31.3 Å². The van der Waals surface area contributed by atoms with Crippen molar-refractivity contribution >= 4 is 17.7 Å². The van der Waals surface area contributed by atoms with E-state index in [1.165, 1.54) is 0 Å². The van der Waals surface area contributed by atoms with Crippen molar-refractivity contribution in [3.8, 4) is 0 Å². The molecule has 0 aromatic carbocycles. The molecule has 0 aromatic rings. The maximum absolute atomic E-state index is 11.7. The second-order valence-electron chi connectivity index (χ2n) is 5.07. The normalized spacial score (nSPS) is 30.1. The van der Waals surface area contributed by atoms with Gasteiger partial charge >= 0.3 is 11.9 Å². The Morgan fingerprint density at radius 2 is 1.85 bits per heavy atom. The SMILES string of the molecule is C[C@H]1CC/C=C\C2=C[C@H](CCC2=O)OC(=O)CC(=O)O1. The molecule has 108 valence electrons. The van der Waals surface area contributed by atoms with Crippen LogP contribution in [0.1, 0.15) is 39.0 Å². The molecule has 0 aromatic heterocycles. The summed E-state index contributed by atoms with van der Waals surface area (Å²) in [5.41, 5.74) is 0.577. The fourth-order valence-electron chi connectivity index (χ4n) is 2.23. The van der Waals surface area contributed by atoms with Gasteiger partial charge in [0.05, 0.1) is 6.10 Å². The van der Waals surface area contributed by atoms with Crippen molar-refractivity contribution < 1.29 is 23.9 Å². The summed E-state index contributed by atoms with van der Waals surface area (Å²) in [5.74, 6) is -1.12. The molecule has 0 spiro atoms. The van der Waals surface area contributed by atoms with Crippen LogP contribution >= 0.6 is 0 Å². The van der Waals surface area contributed by atoms with Crippen molar-refractivity contribution in [3.63, 3.8) is 0 Å². The maximum atomic E-state index is 11.7. The van der Waals surface area contributed by atoms with Gasteiger partial charge in [0.15, 0.2) is 5.78 Å². The summed E-state index contributed by atoms with van der Waals surface area (Å²) in [4.78, 5) is 34.9. The Hall–Kier alpha value is -1.91. The minimum Gasteiger partial charge on any atom is -0.462 e. The van der Waals surface area contributed by atoms with Gasteiger partial charge in [-0.1, -0.05) is 12.2 Å². The molecule has 5 heteroatoms. The van der Waals surface area contributed by atoms with Crippen molar-refractivity contribution in [3.05, 3.63) is 23.8 Å². The number of hydrogen-bond donors (Lipinski definition) is 0. The lowest BCUT2D eigenvalue weighted by molar-refractivity contribution is -0.159. The first-order valence-corrected chi connectivity index (χ1v) is 6.85. The summed E-state index contributed by atoms with van der Waals surface area (Å²) >= 11 is 0. The molecule has 0 unspecified atom stereocenters. The third kappa shape index (κ3) is 4.05. The smallest absolute Gasteiger partial charge is 0.317 e. The second-order valence-corrected chi connectivity index (χ2v) is 5.07. The van der Waals surface area contributed by atoms with Gasteiger partial charge in [-0.3, -0.25) is 14.4 Å². The van der Waals surface area contributed by atoms with Crippen molar-refractivity contribution in [1.29, 1.82) is 0 Å².